The van der Waals surface area contributed by atoms with E-state index in [1.807, 2.05) is 25.1 Å². The van der Waals surface area contributed by atoms with E-state index in [2.05, 4.69) is 11.1 Å². The van der Waals surface area contributed by atoms with Crippen molar-refractivity contribution in [3.8, 4) is 17.6 Å². The summed E-state index contributed by atoms with van der Waals surface area (Å²) in [5, 5.41) is 9.37. The van der Waals surface area contributed by atoms with E-state index in [-0.39, 0.29) is 0 Å². The second-order valence-corrected chi connectivity index (χ2v) is 4.45. The Bertz CT molecular complexity index is 701. The maximum absolute atomic E-state index is 9.37. The first kappa shape index (κ1) is 14.6. The summed E-state index contributed by atoms with van der Waals surface area (Å²) in [5.41, 5.74) is 3.06. The Labute approximate surface area is 124 Å². The van der Waals surface area contributed by atoms with Crippen molar-refractivity contribution in [3.05, 3.63) is 53.3 Å². The average molecular weight is 280 g/mol. The molecule has 0 bridgehead atoms. The van der Waals surface area contributed by atoms with E-state index >= 15 is 0 Å². The van der Waals surface area contributed by atoms with Crippen LogP contribution in [0.3, 0.4) is 0 Å². The number of allylic oxidation sites excluding steroid dienone is 1. The standard InChI is InChI=1S/C17H16N2O2/c1-12-6-7-13(17(21-3)16(12)20-2)9-15(10-18)14-5-4-8-19-11-14/h4-9,11H,1-3H3/b15-9+. The number of nitriles is 1. The average Bonchev–Trinajstić information content (AvgIpc) is 2.54. The van der Waals surface area contributed by atoms with Crippen LogP contribution in [0.4, 0.5) is 0 Å². The Morgan fingerprint density at radius 2 is 1.95 bits per heavy atom. The molecular weight excluding hydrogens is 264 g/mol. The molecule has 0 spiro atoms. The molecular formula is C17H16N2O2. The quantitative estimate of drug-likeness (QED) is 0.805. The molecule has 0 radical (unpaired) electrons. The van der Waals surface area contributed by atoms with Crippen molar-refractivity contribution < 1.29 is 9.47 Å². The number of benzene rings is 1. The van der Waals surface area contributed by atoms with E-state index in [1.54, 1.807) is 38.8 Å². The minimum absolute atomic E-state index is 0.521. The van der Waals surface area contributed by atoms with Gasteiger partial charge in [0.1, 0.15) is 0 Å². The molecule has 106 valence electrons. The molecule has 21 heavy (non-hydrogen) atoms. The summed E-state index contributed by atoms with van der Waals surface area (Å²) in [6, 6.07) is 9.68. The fourth-order valence-corrected chi connectivity index (χ4v) is 2.11. The van der Waals surface area contributed by atoms with Gasteiger partial charge in [-0.1, -0.05) is 18.2 Å². The van der Waals surface area contributed by atoms with Gasteiger partial charge in [-0.2, -0.15) is 5.26 Å². The Morgan fingerprint density at radius 1 is 1.19 bits per heavy atom. The van der Waals surface area contributed by atoms with Crippen LogP contribution in [0.1, 0.15) is 16.7 Å². The molecule has 4 heteroatoms. The number of pyridine rings is 1. The highest BCUT2D eigenvalue weighted by Gasteiger charge is 2.12. The Hall–Kier alpha value is -2.80. The van der Waals surface area contributed by atoms with Crippen LogP contribution >= 0.6 is 0 Å². The molecule has 0 atom stereocenters. The maximum Gasteiger partial charge on any atom is 0.168 e. The molecule has 1 heterocycles. The van der Waals surface area contributed by atoms with Gasteiger partial charge in [-0.25, -0.2) is 0 Å². The van der Waals surface area contributed by atoms with Crippen LogP contribution in [0.5, 0.6) is 11.5 Å². The Kier molecular flexibility index (Phi) is 4.57. The summed E-state index contributed by atoms with van der Waals surface area (Å²) in [6.07, 6.45) is 5.11. The summed E-state index contributed by atoms with van der Waals surface area (Å²) in [6.45, 7) is 1.95. The van der Waals surface area contributed by atoms with Gasteiger partial charge in [0.15, 0.2) is 11.5 Å². The predicted octanol–water partition coefficient (Wildman–Crippen LogP) is 3.47. The highest BCUT2D eigenvalue weighted by molar-refractivity contribution is 5.91. The molecule has 0 N–H and O–H groups in total. The van der Waals surface area contributed by atoms with Crippen LogP contribution in [0.25, 0.3) is 11.6 Å². The number of ether oxygens (including phenoxy) is 2. The maximum atomic E-state index is 9.37. The highest BCUT2D eigenvalue weighted by atomic mass is 16.5. The van der Waals surface area contributed by atoms with Crippen molar-refractivity contribution in [2.45, 2.75) is 6.92 Å². The highest BCUT2D eigenvalue weighted by Crippen LogP contribution is 2.36. The lowest BCUT2D eigenvalue weighted by atomic mass is 10.0. The first-order chi connectivity index (χ1) is 10.2. The number of nitrogens with zero attached hydrogens (tertiary/aromatic N) is 2. The lowest BCUT2D eigenvalue weighted by Gasteiger charge is -2.13. The van der Waals surface area contributed by atoms with Crippen LogP contribution in [-0.2, 0) is 0 Å². The molecule has 0 saturated carbocycles. The van der Waals surface area contributed by atoms with Gasteiger partial charge >= 0.3 is 0 Å². The lowest BCUT2D eigenvalue weighted by molar-refractivity contribution is 0.352. The lowest BCUT2D eigenvalue weighted by Crippen LogP contribution is -1.96. The minimum Gasteiger partial charge on any atom is -0.493 e. The van der Waals surface area contributed by atoms with Gasteiger partial charge in [0, 0.05) is 23.5 Å². The summed E-state index contributed by atoms with van der Waals surface area (Å²) in [5.74, 6) is 1.30. The van der Waals surface area contributed by atoms with Gasteiger partial charge in [0.25, 0.3) is 0 Å². The van der Waals surface area contributed by atoms with E-state index in [9.17, 15) is 5.26 Å². The first-order valence-corrected chi connectivity index (χ1v) is 6.45. The zero-order valence-corrected chi connectivity index (χ0v) is 12.3. The number of methoxy groups -OCH3 is 2. The number of hydrogen-bond acceptors (Lipinski definition) is 4. The molecule has 0 aliphatic rings. The van der Waals surface area contributed by atoms with Crippen LogP contribution in [0.15, 0.2) is 36.7 Å². The number of aromatic nitrogens is 1. The normalized spacial score (nSPS) is 10.9. The van der Waals surface area contributed by atoms with Gasteiger partial charge in [-0.15, -0.1) is 0 Å². The van der Waals surface area contributed by atoms with Crippen molar-refractivity contribution in [1.82, 2.24) is 4.98 Å². The van der Waals surface area contributed by atoms with Crippen LogP contribution in [0, 0.1) is 18.3 Å². The molecule has 4 nitrogen and oxygen atoms in total. The van der Waals surface area contributed by atoms with Gasteiger partial charge < -0.3 is 9.47 Å². The Morgan fingerprint density at radius 3 is 2.52 bits per heavy atom. The van der Waals surface area contributed by atoms with Crippen molar-refractivity contribution in [1.29, 1.82) is 5.26 Å². The Balaban J connectivity index is 2.57. The molecule has 0 amide bonds. The second kappa shape index (κ2) is 6.58. The van der Waals surface area contributed by atoms with Crippen LogP contribution < -0.4 is 9.47 Å². The van der Waals surface area contributed by atoms with E-state index in [1.165, 1.54) is 0 Å². The van der Waals surface area contributed by atoms with E-state index < -0.39 is 0 Å². The summed E-state index contributed by atoms with van der Waals surface area (Å²) in [7, 11) is 3.19. The third-order valence-electron chi connectivity index (χ3n) is 3.14. The molecule has 2 rings (SSSR count). The topological polar surface area (TPSA) is 55.1 Å². The predicted molar refractivity (Wildman–Crippen MR) is 82.0 cm³/mol. The molecule has 2 aromatic rings. The van der Waals surface area contributed by atoms with E-state index in [0.717, 1.165) is 16.7 Å². The van der Waals surface area contributed by atoms with Crippen LogP contribution in [-0.4, -0.2) is 19.2 Å². The molecule has 1 aromatic heterocycles. The smallest absolute Gasteiger partial charge is 0.168 e. The first-order valence-electron chi connectivity index (χ1n) is 6.45. The zero-order valence-electron chi connectivity index (χ0n) is 12.3. The van der Waals surface area contributed by atoms with Crippen molar-refractivity contribution in [2.75, 3.05) is 14.2 Å². The summed E-state index contributed by atoms with van der Waals surface area (Å²) >= 11 is 0. The van der Waals surface area contributed by atoms with E-state index in [0.29, 0.717) is 17.1 Å². The van der Waals surface area contributed by atoms with Crippen molar-refractivity contribution in [3.63, 3.8) is 0 Å². The monoisotopic (exact) mass is 280 g/mol. The van der Waals surface area contributed by atoms with Crippen LogP contribution in [0.2, 0.25) is 0 Å². The molecule has 0 unspecified atom stereocenters. The summed E-state index contributed by atoms with van der Waals surface area (Å²) < 4.78 is 10.8. The number of rotatable bonds is 4. The third kappa shape index (κ3) is 3.03. The molecule has 0 aliphatic carbocycles. The number of hydrogen-bond donors (Lipinski definition) is 0. The summed E-state index contributed by atoms with van der Waals surface area (Å²) in [4.78, 5) is 4.04. The zero-order chi connectivity index (χ0) is 15.2. The van der Waals surface area contributed by atoms with Gasteiger partial charge in [-0.05, 0) is 24.6 Å². The van der Waals surface area contributed by atoms with Crippen molar-refractivity contribution >= 4 is 11.6 Å². The third-order valence-corrected chi connectivity index (χ3v) is 3.14. The molecule has 1 aromatic carbocycles. The molecule has 0 aliphatic heterocycles. The van der Waals surface area contributed by atoms with E-state index in [4.69, 9.17) is 9.47 Å². The van der Waals surface area contributed by atoms with Crippen molar-refractivity contribution in [2.24, 2.45) is 0 Å². The largest absolute Gasteiger partial charge is 0.493 e. The minimum atomic E-state index is 0.521. The fraction of sp³-hybridized carbons (Fsp3) is 0.176. The number of aryl methyl sites for hydroxylation is 1. The van der Waals surface area contributed by atoms with Gasteiger partial charge in [0.05, 0.1) is 25.9 Å². The van der Waals surface area contributed by atoms with Gasteiger partial charge in [0.2, 0.25) is 0 Å². The molecule has 0 fully saturated rings. The molecule has 0 saturated heterocycles. The fourth-order valence-electron chi connectivity index (χ4n) is 2.11. The second-order valence-electron chi connectivity index (χ2n) is 4.45. The SMILES string of the molecule is COc1c(C)ccc(/C=C(\C#N)c2cccnc2)c1OC. The van der Waals surface area contributed by atoms with Gasteiger partial charge in [-0.3, -0.25) is 4.98 Å².